The molecule has 16 heavy (non-hydrogen) atoms. The first-order chi connectivity index (χ1) is 7.50. The molecule has 0 aliphatic carbocycles. The van der Waals surface area contributed by atoms with Gasteiger partial charge in [0.25, 0.3) is 0 Å². The van der Waals surface area contributed by atoms with Crippen LogP contribution in [0.4, 0.5) is 0 Å². The number of hydrogen-bond acceptors (Lipinski definition) is 4. The summed E-state index contributed by atoms with van der Waals surface area (Å²) >= 11 is 0. The normalized spacial score (nSPS) is 10.1. The summed E-state index contributed by atoms with van der Waals surface area (Å²) in [6, 6.07) is 0. The van der Waals surface area contributed by atoms with E-state index >= 15 is 0 Å². The van der Waals surface area contributed by atoms with Gasteiger partial charge in [0, 0.05) is 19.0 Å². The minimum Gasteiger partial charge on any atom is -0.480 e. The molecule has 0 fully saturated rings. The van der Waals surface area contributed by atoms with E-state index in [1.165, 1.54) is 18.2 Å². The second-order valence-corrected chi connectivity index (χ2v) is 3.57. The number of carbonyl (C=O) groups is 2. The Morgan fingerprint density at radius 3 is 2.75 bits per heavy atom. The monoisotopic (exact) mass is 226 g/mol. The summed E-state index contributed by atoms with van der Waals surface area (Å²) in [4.78, 5) is 23.1. The fourth-order valence-electron chi connectivity index (χ4n) is 1.28. The first-order valence-electron chi connectivity index (χ1n) is 4.86. The van der Waals surface area contributed by atoms with Crippen LogP contribution in [-0.4, -0.2) is 40.6 Å². The molecule has 1 amide bonds. The van der Waals surface area contributed by atoms with Crippen molar-refractivity contribution >= 4 is 11.9 Å². The van der Waals surface area contributed by atoms with E-state index in [2.05, 4.69) is 5.16 Å². The molecule has 0 saturated carbocycles. The average Bonchev–Trinajstić information content (AvgIpc) is 2.59. The molecule has 0 aliphatic rings. The molecular formula is C10H14N2O4. The van der Waals surface area contributed by atoms with Gasteiger partial charge in [-0.1, -0.05) is 5.16 Å². The lowest BCUT2D eigenvalue weighted by atomic mass is 10.1. The summed E-state index contributed by atoms with van der Waals surface area (Å²) in [5.41, 5.74) is 1.63. The number of aliphatic carboxylic acids is 1. The van der Waals surface area contributed by atoms with Gasteiger partial charge in [0.15, 0.2) is 0 Å². The Balaban J connectivity index is 2.41. The minimum atomic E-state index is -1.02. The molecule has 88 valence electrons. The van der Waals surface area contributed by atoms with Crippen LogP contribution in [0.1, 0.15) is 17.7 Å². The Hall–Kier alpha value is -1.85. The van der Waals surface area contributed by atoms with Crippen molar-refractivity contribution in [2.75, 3.05) is 13.6 Å². The smallest absolute Gasteiger partial charge is 0.323 e. The Morgan fingerprint density at radius 2 is 2.25 bits per heavy atom. The lowest BCUT2D eigenvalue weighted by Gasteiger charge is -2.13. The van der Waals surface area contributed by atoms with Gasteiger partial charge in [-0.15, -0.1) is 0 Å². The van der Waals surface area contributed by atoms with E-state index in [9.17, 15) is 9.59 Å². The molecule has 1 N–H and O–H groups in total. The SMILES string of the molecule is Cc1nocc1CCC(=O)N(C)CC(=O)O. The number of nitrogens with zero attached hydrogens (tertiary/aromatic N) is 2. The maximum atomic E-state index is 11.5. The van der Waals surface area contributed by atoms with Crippen molar-refractivity contribution in [2.45, 2.75) is 19.8 Å². The van der Waals surface area contributed by atoms with Gasteiger partial charge in [0.05, 0.1) is 5.69 Å². The first kappa shape index (κ1) is 12.2. The summed E-state index contributed by atoms with van der Waals surface area (Å²) in [5.74, 6) is -1.22. The molecule has 0 unspecified atom stereocenters. The molecule has 0 spiro atoms. The number of aryl methyl sites for hydroxylation is 2. The average molecular weight is 226 g/mol. The second kappa shape index (κ2) is 5.29. The first-order valence-corrected chi connectivity index (χ1v) is 4.86. The molecule has 0 aromatic carbocycles. The molecule has 6 nitrogen and oxygen atoms in total. The van der Waals surface area contributed by atoms with Gasteiger partial charge in [-0.25, -0.2) is 0 Å². The van der Waals surface area contributed by atoms with Crippen molar-refractivity contribution in [2.24, 2.45) is 0 Å². The number of hydrogen-bond donors (Lipinski definition) is 1. The maximum absolute atomic E-state index is 11.5. The number of carbonyl (C=O) groups excluding carboxylic acids is 1. The van der Waals surface area contributed by atoms with Gasteiger partial charge in [-0.2, -0.15) is 0 Å². The van der Waals surface area contributed by atoms with Crippen LogP contribution in [0.25, 0.3) is 0 Å². The zero-order valence-electron chi connectivity index (χ0n) is 9.27. The number of likely N-dealkylation sites (N-methyl/N-ethyl adjacent to an activating group) is 1. The quantitative estimate of drug-likeness (QED) is 0.788. The molecule has 1 aromatic rings. The van der Waals surface area contributed by atoms with Crippen LogP contribution in [-0.2, 0) is 16.0 Å². The zero-order valence-corrected chi connectivity index (χ0v) is 9.27. The molecule has 0 aliphatic heterocycles. The van der Waals surface area contributed by atoms with E-state index < -0.39 is 5.97 Å². The van der Waals surface area contributed by atoms with Crippen molar-refractivity contribution in [3.05, 3.63) is 17.5 Å². The Morgan fingerprint density at radius 1 is 1.56 bits per heavy atom. The van der Waals surface area contributed by atoms with Crippen LogP contribution in [0.2, 0.25) is 0 Å². The molecule has 6 heteroatoms. The predicted octanol–water partition coefficient (Wildman–Crippen LogP) is 0.459. The van der Waals surface area contributed by atoms with Crippen molar-refractivity contribution in [1.82, 2.24) is 10.1 Å². The number of amides is 1. The Bertz CT molecular complexity index is 386. The largest absolute Gasteiger partial charge is 0.480 e. The molecule has 1 heterocycles. The van der Waals surface area contributed by atoms with Crippen LogP contribution in [0.15, 0.2) is 10.8 Å². The molecule has 0 radical (unpaired) electrons. The molecule has 0 atom stereocenters. The minimum absolute atomic E-state index is 0.206. The maximum Gasteiger partial charge on any atom is 0.323 e. The number of carboxylic acids is 1. The van der Waals surface area contributed by atoms with Gasteiger partial charge < -0.3 is 14.5 Å². The third kappa shape index (κ3) is 3.38. The van der Waals surface area contributed by atoms with Crippen molar-refractivity contribution in [3.63, 3.8) is 0 Å². The van der Waals surface area contributed by atoms with Crippen LogP contribution >= 0.6 is 0 Å². The highest BCUT2D eigenvalue weighted by atomic mass is 16.5. The number of aromatic nitrogens is 1. The topological polar surface area (TPSA) is 83.6 Å². The summed E-state index contributed by atoms with van der Waals surface area (Å²) < 4.78 is 4.73. The van der Waals surface area contributed by atoms with Crippen LogP contribution in [0.3, 0.4) is 0 Å². The lowest BCUT2D eigenvalue weighted by molar-refractivity contribution is -0.143. The van der Waals surface area contributed by atoms with E-state index in [0.717, 1.165) is 11.3 Å². The van der Waals surface area contributed by atoms with Crippen LogP contribution in [0, 0.1) is 6.92 Å². The van der Waals surface area contributed by atoms with Crippen LogP contribution in [0.5, 0.6) is 0 Å². The van der Waals surface area contributed by atoms with E-state index in [0.29, 0.717) is 6.42 Å². The van der Waals surface area contributed by atoms with Gasteiger partial charge >= 0.3 is 5.97 Å². The Kier molecular flexibility index (Phi) is 4.04. The van der Waals surface area contributed by atoms with Gasteiger partial charge in [-0.3, -0.25) is 9.59 Å². The number of carboxylic acid groups (broad SMARTS) is 1. The number of rotatable bonds is 5. The molecule has 0 saturated heterocycles. The van der Waals surface area contributed by atoms with E-state index in [1.54, 1.807) is 6.92 Å². The standard InChI is InChI=1S/C10H14N2O4/c1-7-8(6-16-11-7)3-4-9(13)12(2)5-10(14)15/h6H,3-5H2,1-2H3,(H,14,15). The van der Waals surface area contributed by atoms with Crippen molar-refractivity contribution < 1.29 is 19.2 Å². The predicted molar refractivity (Wildman–Crippen MR) is 54.8 cm³/mol. The fraction of sp³-hybridized carbons (Fsp3) is 0.500. The fourth-order valence-corrected chi connectivity index (χ4v) is 1.28. The highest BCUT2D eigenvalue weighted by Gasteiger charge is 2.13. The van der Waals surface area contributed by atoms with Crippen LogP contribution < -0.4 is 0 Å². The highest BCUT2D eigenvalue weighted by Crippen LogP contribution is 2.08. The summed E-state index contributed by atoms with van der Waals surface area (Å²) in [7, 11) is 1.47. The third-order valence-electron chi connectivity index (χ3n) is 2.26. The molecule has 1 rings (SSSR count). The summed E-state index contributed by atoms with van der Waals surface area (Å²) in [6.45, 7) is 1.52. The molecule has 1 aromatic heterocycles. The van der Waals surface area contributed by atoms with E-state index in [4.69, 9.17) is 9.63 Å². The van der Waals surface area contributed by atoms with Crippen molar-refractivity contribution in [1.29, 1.82) is 0 Å². The van der Waals surface area contributed by atoms with Gasteiger partial charge in [0.1, 0.15) is 12.8 Å². The second-order valence-electron chi connectivity index (χ2n) is 3.57. The highest BCUT2D eigenvalue weighted by molar-refractivity contribution is 5.81. The Labute approximate surface area is 92.8 Å². The van der Waals surface area contributed by atoms with E-state index in [1.807, 2.05) is 0 Å². The van der Waals surface area contributed by atoms with Gasteiger partial charge in [0.2, 0.25) is 5.91 Å². The molecule has 0 bridgehead atoms. The lowest BCUT2D eigenvalue weighted by Crippen LogP contribution is -2.32. The third-order valence-corrected chi connectivity index (χ3v) is 2.26. The van der Waals surface area contributed by atoms with E-state index in [-0.39, 0.29) is 18.9 Å². The molecular weight excluding hydrogens is 212 g/mol. The van der Waals surface area contributed by atoms with Crippen molar-refractivity contribution in [3.8, 4) is 0 Å². The van der Waals surface area contributed by atoms with Gasteiger partial charge in [-0.05, 0) is 13.3 Å². The zero-order chi connectivity index (χ0) is 12.1. The summed E-state index contributed by atoms with van der Waals surface area (Å²) in [5, 5.41) is 12.2. The summed E-state index contributed by atoms with van der Waals surface area (Å²) in [6.07, 6.45) is 2.27.